The number of aromatic nitrogens is 2. The summed E-state index contributed by atoms with van der Waals surface area (Å²) < 4.78 is 47.6. The summed E-state index contributed by atoms with van der Waals surface area (Å²) in [6.45, 7) is 14.4. The molecule has 12 heteroatoms. The number of piperazine rings is 1. The van der Waals surface area contributed by atoms with Crippen LogP contribution in [0.5, 0.6) is 6.01 Å². The van der Waals surface area contributed by atoms with Crippen LogP contribution in [0.4, 0.5) is 24.7 Å². The summed E-state index contributed by atoms with van der Waals surface area (Å²) in [5.74, 6) is 0.445. The lowest BCUT2D eigenvalue weighted by Gasteiger charge is -2.41. The lowest BCUT2D eigenvalue weighted by molar-refractivity contribution is -0.137. The van der Waals surface area contributed by atoms with E-state index in [9.17, 15) is 18.0 Å². The molecule has 218 valence electrons. The number of rotatable bonds is 7. The molecule has 3 aliphatic rings. The van der Waals surface area contributed by atoms with Gasteiger partial charge in [-0.3, -0.25) is 4.79 Å². The molecule has 5 rings (SSSR count). The molecule has 1 amide bonds. The van der Waals surface area contributed by atoms with Crippen LogP contribution in [0.25, 0.3) is 4.85 Å². The van der Waals surface area contributed by atoms with E-state index >= 15 is 0 Å². The third kappa shape index (κ3) is 6.10. The van der Waals surface area contributed by atoms with Crippen molar-refractivity contribution in [3.63, 3.8) is 0 Å². The number of anilines is 2. The Morgan fingerprint density at radius 3 is 2.68 bits per heavy atom. The number of halogens is 3. The zero-order valence-corrected chi connectivity index (χ0v) is 23.1. The molecule has 3 aliphatic heterocycles. The van der Waals surface area contributed by atoms with E-state index in [2.05, 4.69) is 28.3 Å². The number of carbonyl (C=O) groups excluding carboxylic acids is 1. The highest BCUT2D eigenvalue weighted by Crippen LogP contribution is 2.39. The predicted octanol–water partition coefficient (Wildman–Crippen LogP) is 3.65. The molecule has 2 saturated heterocycles. The van der Waals surface area contributed by atoms with E-state index in [1.807, 2.05) is 0 Å². The summed E-state index contributed by atoms with van der Waals surface area (Å²) in [7, 11) is 2.05. The minimum absolute atomic E-state index is 0.120. The number of nitrogens with zero attached hydrogens (tertiary/aromatic N) is 7. The zero-order chi connectivity index (χ0) is 29.1. The summed E-state index contributed by atoms with van der Waals surface area (Å²) in [6, 6.07) is 5.69. The molecule has 0 spiro atoms. The fraction of sp³-hybridized carbons (Fsp3) is 0.517. The van der Waals surface area contributed by atoms with Gasteiger partial charge in [-0.15, -0.1) is 0 Å². The molecular weight excluding hydrogens is 535 g/mol. The number of ether oxygens (including phenoxy) is 1. The van der Waals surface area contributed by atoms with Crippen LogP contribution >= 0.6 is 0 Å². The van der Waals surface area contributed by atoms with E-state index in [1.165, 1.54) is 18.2 Å². The van der Waals surface area contributed by atoms with E-state index in [0.717, 1.165) is 31.0 Å². The number of amides is 1. The second kappa shape index (κ2) is 11.9. The maximum atomic E-state index is 13.8. The van der Waals surface area contributed by atoms with Gasteiger partial charge in [0, 0.05) is 43.5 Å². The lowest BCUT2D eigenvalue weighted by Crippen LogP contribution is -2.56. The Bertz CT molecular complexity index is 1330. The van der Waals surface area contributed by atoms with Crippen LogP contribution in [0.2, 0.25) is 0 Å². The van der Waals surface area contributed by atoms with E-state index < -0.39 is 11.7 Å². The Balaban J connectivity index is 1.47. The quantitative estimate of drug-likeness (QED) is 0.373. The number of likely N-dealkylation sites (tertiary alicyclic amines) is 1. The number of hydrogen-bond acceptors (Lipinski definition) is 7. The highest BCUT2D eigenvalue weighted by molar-refractivity contribution is 5.87. The number of para-hydroxylation sites is 1. The van der Waals surface area contributed by atoms with Crippen LogP contribution in [-0.2, 0) is 23.9 Å². The van der Waals surface area contributed by atoms with Gasteiger partial charge in [0.15, 0.2) is 0 Å². The minimum atomic E-state index is -4.48. The first kappa shape index (κ1) is 28.7. The molecule has 2 atom stereocenters. The van der Waals surface area contributed by atoms with Gasteiger partial charge in [0.2, 0.25) is 12.5 Å². The van der Waals surface area contributed by atoms with Crippen molar-refractivity contribution >= 4 is 17.4 Å². The topological polar surface area (TPSA) is 69.4 Å². The summed E-state index contributed by atoms with van der Waals surface area (Å²) in [5, 5.41) is 0. The van der Waals surface area contributed by atoms with Crippen LogP contribution in [0.1, 0.15) is 29.7 Å². The second-order valence-electron chi connectivity index (χ2n) is 10.7. The maximum Gasteiger partial charge on any atom is 0.418 e. The van der Waals surface area contributed by atoms with Crippen LogP contribution in [-0.4, -0.2) is 90.7 Å². The first-order chi connectivity index (χ1) is 19.7. The lowest BCUT2D eigenvalue weighted by atomic mass is 10.0. The van der Waals surface area contributed by atoms with Gasteiger partial charge < -0.3 is 29.2 Å². The predicted molar refractivity (Wildman–Crippen MR) is 149 cm³/mol. The normalized spacial score (nSPS) is 21.4. The van der Waals surface area contributed by atoms with Crippen molar-refractivity contribution in [3.8, 4) is 6.01 Å². The molecular formula is C29H34F3N7O2. The molecule has 0 N–H and O–H groups in total. The SMILES string of the molecule is [C-]#[N+]CC1CN(c2nc(OC[C@@H]3CCCN3C)nc3c2CCN(c2ccccc2C(F)(F)F)C3)CCN1C(=O)C=C. The van der Waals surface area contributed by atoms with Crippen molar-refractivity contribution in [2.45, 2.75) is 44.1 Å². The maximum absolute atomic E-state index is 13.8. The third-order valence-electron chi connectivity index (χ3n) is 8.19. The molecule has 9 nitrogen and oxygen atoms in total. The summed E-state index contributed by atoms with van der Waals surface area (Å²) in [5.41, 5.74) is 0.929. The molecule has 2 fully saturated rings. The third-order valence-corrected chi connectivity index (χ3v) is 8.19. The van der Waals surface area contributed by atoms with Crippen LogP contribution < -0.4 is 14.5 Å². The van der Waals surface area contributed by atoms with Gasteiger partial charge in [-0.1, -0.05) is 18.7 Å². The monoisotopic (exact) mass is 569 g/mol. The Morgan fingerprint density at radius 1 is 1.17 bits per heavy atom. The van der Waals surface area contributed by atoms with E-state index in [0.29, 0.717) is 50.7 Å². The molecule has 2 aromatic rings. The highest BCUT2D eigenvalue weighted by Gasteiger charge is 2.37. The number of benzene rings is 1. The molecule has 1 unspecified atom stereocenters. The van der Waals surface area contributed by atoms with Crippen molar-refractivity contribution in [1.29, 1.82) is 0 Å². The highest BCUT2D eigenvalue weighted by atomic mass is 19.4. The van der Waals surface area contributed by atoms with Gasteiger partial charge in [-0.05, 0) is 51.1 Å². The molecule has 41 heavy (non-hydrogen) atoms. The molecule has 0 saturated carbocycles. The number of carbonyl (C=O) groups is 1. The fourth-order valence-corrected chi connectivity index (χ4v) is 5.99. The smallest absolute Gasteiger partial charge is 0.418 e. The van der Waals surface area contributed by atoms with Crippen molar-refractivity contribution in [2.24, 2.45) is 0 Å². The second-order valence-corrected chi connectivity index (χ2v) is 10.7. The van der Waals surface area contributed by atoms with E-state index in [-0.39, 0.29) is 42.8 Å². The largest absolute Gasteiger partial charge is 0.462 e. The Labute approximate surface area is 238 Å². The van der Waals surface area contributed by atoms with Gasteiger partial charge in [0.25, 0.3) is 0 Å². The zero-order valence-electron chi connectivity index (χ0n) is 23.1. The number of fused-ring (bicyclic) bond motifs is 1. The van der Waals surface area contributed by atoms with Gasteiger partial charge in [-0.25, -0.2) is 6.57 Å². The molecule has 1 aromatic carbocycles. The summed E-state index contributed by atoms with van der Waals surface area (Å²) in [6.07, 6.45) is -0.672. The Hall–Kier alpha value is -3.85. The van der Waals surface area contributed by atoms with Crippen molar-refractivity contribution in [1.82, 2.24) is 19.8 Å². The first-order valence-corrected chi connectivity index (χ1v) is 13.8. The molecule has 0 bridgehead atoms. The van der Waals surface area contributed by atoms with Gasteiger partial charge in [0.1, 0.15) is 18.5 Å². The molecule has 4 heterocycles. The summed E-state index contributed by atoms with van der Waals surface area (Å²) in [4.78, 5) is 33.2. The van der Waals surface area contributed by atoms with E-state index in [1.54, 1.807) is 15.9 Å². The molecule has 1 aromatic heterocycles. The van der Waals surface area contributed by atoms with Gasteiger partial charge in [0.05, 0.1) is 17.8 Å². The van der Waals surface area contributed by atoms with E-state index in [4.69, 9.17) is 21.3 Å². The van der Waals surface area contributed by atoms with Crippen LogP contribution in [0.15, 0.2) is 36.9 Å². The minimum Gasteiger partial charge on any atom is -0.462 e. The van der Waals surface area contributed by atoms with Crippen LogP contribution in [0.3, 0.4) is 0 Å². The van der Waals surface area contributed by atoms with Crippen LogP contribution in [0, 0.1) is 6.57 Å². The first-order valence-electron chi connectivity index (χ1n) is 13.8. The average molecular weight is 570 g/mol. The number of likely N-dealkylation sites (N-methyl/N-ethyl adjacent to an activating group) is 1. The Morgan fingerprint density at radius 2 is 1.98 bits per heavy atom. The van der Waals surface area contributed by atoms with Crippen molar-refractivity contribution < 1.29 is 22.7 Å². The Kier molecular flexibility index (Phi) is 8.35. The average Bonchev–Trinajstić information content (AvgIpc) is 3.39. The number of hydrogen-bond donors (Lipinski definition) is 0. The van der Waals surface area contributed by atoms with Gasteiger partial charge in [-0.2, -0.15) is 23.1 Å². The van der Waals surface area contributed by atoms with Crippen molar-refractivity contribution in [2.75, 3.05) is 62.7 Å². The molecule has 0 aliphatic carbocycles. The number of alkyl halides is 3. The van der Waals surface area contributed by atoms with Crippen molar-refractivity contribution in [3.05, 3.63) is 65.2 Å². The summed E-state index contributed by atoms with van der Waals surface area (Å²) >= 11 is 0. The van der Waals surface area contributed by atoms with Gasteiger partial charge >= 0.3 is 12.2 Å². The standard InChI is InChI=1S/C29H34F3N7O2/c1-4-26(40)39-15-14-38(17-21(39)16-33-2)27-22-11-13-37(25-10-6-5-9-23(25)29(30,31)32)18-24(22)34-28(35-27)41-19-20-8-7-12-36(20)3/h4-6,9-10,20-21H,1,7-8,11-19H2,3H3/t20-,21?/m0/s1. The fourth-order valence-electron chi connectivity index (χ4n) is 5.99. The molecule has 0 radical (unpaired) electrons.